The molecule has 0 N–H and O–H groups in total. The fourth-order valence-electron chi connectivity index (χ4n) is 1.45. The van der Waals surface area contributed by atoms with Gasteiger partial charge in [-0.05, 0) is 19.3 Å². The van der Waals surface area contributed by atoms with Gasteiger partial charge in [0.15, 0.2) is 5.78 Å². The second-order valence-corrected chi connectivity index (χ2v) is 5.67. The topological polar surface area (TPSA) is 17.1 Å². The number of ketones is 1. The Morgan fingerprint density at radius 3 is 2.82 bits per heavy atom. The minimum atomic E-state index is -0.223. The van der Waals surface area contributed by atoms with E-state index in [1.807, 2.05) is 0 Å². The molecule has 1 aliphatic rings. The van der Waals surface area contributed by atoms with Crippen molar-refractivity contribution in [2.75, 3.05) is 0 Å². The minimum Gasteiger partial charge on any atom is -0.297 e. The Bertz CT molecular complexity index is 169. The Morgan fingerprint density at radius 2 is 2.36 bits per heavy atom. The van der Waals surface area contributed by atoms with Gasteiger partial charge in [-0.3, -0.25) is 4.79 Å². The van der Waals surface area contributed by atoms with Gasteiger partial charge in [0, 0.05) is 0 Å². The van der Waals surface area contributed by atoms with E-state index in [1.54, 1.807) is 0 Å². The van der Waals surface area contributed by atoms with Crippen molar-refractivity contribution in [1.82, 2.24) is 0 Å². The summed E-state index contributed by atoms with van der Waals surface area (Å²) in [5, 5.41) is 0. The molecule has 0 amide bonds. The van der Waals surface area contributed by atoms with Crippen LogP contribution in [-0.2, 0) is 4.79 Å². The van der Waals surface area contributed by atoms with Crippen LogP contribution in [0.3, 0.4) is 0 Å². The second kappa shape index (κ2) is 3.56. The zero-order valence-corrected chi connectivity index (χ0v) is 9.74. The van der Waals surface area contributed by atoms with Crippen LogP contribution in [0.4, 0.5) is 0 Å². The van der Waals surface area contributed by atoms with Crippen LogP contribution in [0.1, 0.15) is 32.6 Å². The molecule has 2 atom stereocenters. The van der Waals surface area contributed by atoms with Gasteiger partial charge in [0.2, 0.25) is 0 Å². The van der Waals surface area contributed by atoms with E-state index in [0.717, 1.165) is 25.7 Å². The van der Waals surface area contributed by atoms with Gasteiger partial charge in [-0.25, -0.2) is 0 Å². The molecule has 2 unspecified atom stereocenters. The first-order valence-electron chi connectivity index (χ1n) is 3.97. The van der Waals surface area contributed by atoms with E-state index >= 15 is 0 Å². The molecule has 0 aromatic carbocycles. The summed E-state index contributed by atoms with van der Waals surface area (Å²) in [6.45, 7) is 2.05. The predicted molar refractivity (Wildman–Crippen MR) is 53.5 cm³/mol. The van der Waals surface area contributed by atoms with Crippen molar-refractivity contribution in [3.63, 3.8) is 0 Å². The number of Topliss-reactive ketones (excluding diaryl/α,β-unsaturated/α-hetero) is 1. The van der Waals surface area contributed by atoms with Gasteiger partial charge in [-0.15, -0.1) is 0 Å². The molecule has 1 nitrogen and oxygen atoms in total. The highest BCUT2D eigenvalue weighted by Gasteiger charge is 2.39. The first kappa shape index (κ1) is 9.72. The average molecular weight is 284 g/mol. The summed E-state index contributed by atoms with van der Waals surface area (Å²) >= 11 is 6.91. The fourth-order valence-corrected chi connectivity index (χ4v) is 3.07. The molecule has 0 spiro atoms. The van der Waals surface area contributed by atoms with Crippen LogP contribution in [0.5, 0.6) is 0 Å². The molecule has 3 heteroatoms. The lowest BCUT2D eigenvalue weighted by atomic mass is 9.86. The molecule has 1 fully saturated rings. The van der Waals surface area contributed by atoms with Gasteiger partial charge in [0.25, 0.3) is 0 Å². The molecular formula is C8H12Br2O. The van der Waals surface area contributed by atoms with Crippen LogP contribution in [0.2, 0.25) is 0 Å². The molecule has 64 valence electrons. The van der Waals surface area contributed by atoms with Gasteiger partial charge in [0.1, 0.15) is 0 Å². The SMILES string of the molecule is CCC1(Br)CCCC(Br)C1=O. The molecule has 0 radical (unpaired) electrons. The van der Waals surface area contributed by atoms with E-state index in [9.17, 15) is 4.79 Å². The van der Waals surface area contributed by atoms with Crippen molar-refractivity contribution in [3.05, 3.63) is 0 Å². The van der Waals surface area contributed by atoms with Crippen LogP contribution in [0.15, 0.2) is 0 Å². The van der Waals surface area contributed by atoms with Crippen LogP contribution in [0, 0.1) is 0 Å². The Labute approximate surface area is 84.2 Å². The van der Waals surface area contributed by atoms with Crippen molar-refractivity contribution in [2.24, 2.45) is 0 Å². The highest BCUT2D eigenvalue weighted by atomic mass is 79.9. The van der Waals surface area contributed by atoms with Crippen LogP contribution >= 0.6 is 31.9 Å². The Kier molecular flexibility index (Phi) is 3.15. The molecule has 0 bridgehead atoms. The van der Waals surface area contributed by atoms with E-state index in [-0.39, 0.29) is 9.15 Å². The summed E-state index contributed by atoms with van der Waals surface area (Å²) in [6.07, 6.45) is 4.02. The quantitative estimate of drug-likeness (QED) is 0.676. The summed E-state index contributed by atoms with van der Waals surface area (Å²) in [6, 6.07) is 0. The third-order valence-corrected chi connectivity index (χ3v) is 4.54. The van der Waals surface area contributed by atoms with E-state index < -0.39 is 0 Å². The van der Waals surface area contributed by atoms with E-state index in [1.165, 1.54) is 0 Å². The van der Waals surface area contributed by atoms with E-state index in [0.29, 0.717) is 5.78 Å². The molecule has 0 aliphatic heterocycles. The largest absolute Gasteiger partial charge is 0.297 e. The average Bonchev–Trinajstić information content (AvgIpc) is 2.00. The zero-order valence-electron chi connectivity index (χ0n) is 6.57. The molecule has 1 saturated carbocycles. The maximum atomic E-state index is 11.6. The highest BCUT2D eigenvalue weighted by molar-refractivity contribution is 9.11. The summed E-state index contributed by atoms with van der Waals surface area (Å²) in [5.41, 5.74) is 0. The first-order valence-corrected chi connectivity index (χ1v) is 5.68. The van der Waals surface area contributed by atoms with Gasteiger partial charge in [0.05, 0.1) is 9.15 Å². The smallest absolute Gasteiger partial charge is 0.163 e. The maximum absolute atomic E-state index is 11.6. The molecule has 0 heterocycles. The van der Waals surface area contributed by atoms with Gasteiger partial charge < -0.3 is 0 Å². The second-order valence-electron chi connectivity index (χ2n) is 3.04. The monoisotopic (exact) mass is 282 g/mol. The number of carbonyl (C=O) groups excluding carboxylic acids is 1. The number of carbonyl (C=O) groups is 1. The summed E-state index contributed by atoms with van der Waals surface area (Å²) < 4.78 is -0.223. The molecule has 0 saturated heterocycles. The van der Waals surface area contributed by atoms with E-state index in [2.05, 4.69) is 38.8 Å². The molecule has 0 aromatic rings. The van der Waals surface area contributed by atoms with Crippen molar-refractivity contribution in [2.45, 2.75) is 41.8 Å². The van der Waals surface area contributed by atoms with E-state index in [4.69, 9.17) is 0 Å². The number of hydrogen-bond donors (Lipinski definition) is 0. The molecular weight excluding hydrogens is 272 g/mol. The maximum Gasteiger partial charge on any atom is 0.163 e. The molecule has 1 rings (SSSR count). The summed E-state index contributed by atoms with van der Waals surface area (Å²) in [4.78, 5) is 11.7. The molecule has 1 aliphatic carbocycles. The number of rotatable bonds is 1. The molecule has 11 heavy (non-hydrogen) atoms. The normalized spacial score (nSPS) is 39.2. The third kappa shape index (κ3) is 1.86. The fraction of sp³-hybridized carbons (Fsp3) is 0.875. The zero-order chi connectivity index (χ0) is 8.48. The predicted octanol–water partition coefficient (Wildman–Crippen LogP) is 3.05. The Hall–Kier alpha value is 0.630. The standard InChI is InChI=1S/C8H12Br2O/c1-2-8(10)5-3-4-6(9)7(8)11/h6H,2-5H2,1H3. The number of alkyl halides is 2. The lowest BCUT2D eigenvalue weighted by molar-refractivity contribution is -0.122. The van der Waals surface area contributed by atoms with Crippen LogP contribution < -0.4 is 0 Å². The van der Waals surface area contributed by atoms with Gasteiger partial charge >= 0.3 is 0 Å². The van der Waals surface area contributed by atoms with Crippen LogP contribution in [0.25, 0.3) is 0 Å². The number of hydrogen-bond acceptors (Lipinski definition) is 1. The third-order valence-electron chi connectivity index (χ3n) is 2.32. The minimum absolute atomic E-state index is 0.0792. The van der Waals surface area contributed by atoms with Crippen molar-refractivity contribution in [1.29, 1.82) is 0 Å². The summed E-state index contributed by atoms with van der Waals surface area (Å²) in [7, 11) is 0. The highest BCUT2D eigenvalue weighted by Crippen LogP contribution is 2.38. The first-order chi connectivity index (χ1) is 5.10. The lowest BCUT2D eigenvalue weighted by Crippen LogP contribution is -2.40. The van der Waals surface area contributed by atoms with Crippen molar-refractivity contribution < 1.29 is 4.79 Å². The van der Waals surface area contributed by atoms with Crippen molar-refractivity contribution >= 4 is 37.6 Å². The summed E-state index contributed by atoms with van der Waals surface area (Å²) in [5.74, 6) is 0.325. The lowest BCUT2D eigenvalue weighted by Gasteiger charge is -2.31. The Morgan fingerprint density at radius 1 is 1.73 bits per heavy atom. The van der Waals surface area contributed by atoms with Gasteiger partial charge in [-0.1, -0.05) is 45.2 Å². The number of halogens is 2. The van der Waals surface area contributed by atoms with Gasteiger partial charge in [-0.2, -0.15) is 0 Å². The van der Waals surface area contributed by atoms with Crippen LogP contribution in [-0.4, -0.2) is 14.9 Å². The molecule has 0 aromatic heterocycles. The Balaban J connectivity index is 2.72. The van der Waals surface area contributed by atoms with Crippen molar-refractivity contribution in [3.8, 4) is 0 Å².